The van der Waals surface area contributed by atoms with E-state index < -0.39 is 17.7 Å². The van der Waals surface area contributed by atoms with Gasteiger partial charge >= 0.3 is 0 Å². The molecule has 2 aromatic rings. The van der Waals surface area contributed by atoms with Crippen LogP contribution in [0.2, 0.25) is 0 Å². The summed E-state index contributed by atoms with van der Waals surface area (Å²) in [5.41, 5.74) is 2.62. The molecule has 0 radical (unpaired) electrons. The van der Waals surface area contributed by atoms with Crippen molar-refractivity contribution >= 4 is 23.0 Å². The number of aryl methyl sites for hydroxylation is 2. The molecule has 0 bridgehead atoms. The van der Waals surface area contributed by atoms with Crippen molar-refractivity contribution < 1.29 is 19.6 Å². The molecule has 0 fully saturated rings. The van der Waals surface area contributed by atoms with Gasteiger partial charge in [0.2, 0.25) is 11.7 Å². The third-order valence-electron chi connectivity index (χ3n) is 6.26. The fourth-order valence-electron chi connectivity index (χ4n) is 4.26. The number of rotatable bonds is 9. The molecule has 1 aromatic heterocycles. The van der Waals surface area contributed by atoms with Gasteiger partial charge in [-0.2, -0.15) is 0 Å². The van der Waals surface area contributed by atoms with Gasteiger partial charge in [0.1, 0.15) is 0 Å². The summed E-state index contributed by atoms with van der Waals surface area (Å²) in [7, 11) is 0. The third kappa shape index (κ3) is 4.64. The molecule has 7 heteroatoms. The maximum absolute atomic E-state index is 13.5. The van der Waals surface area contributed by atoms with E-state index in [0.29, 0.717) is 23.0 Å². The topological polar surface area (TPSA) is 77.8 Å². The number of hydrogen-bond acceptors (Lipinski definition) is 5. The van der Waals surface area contributed by atoms with Gasteiger partial charge in [-0.25, -0.2) is 4.98 Å². The van der Waals surface area contributed by atoms with Crippen LogP contribution in [0.3, 0.4) is 0 Å². The number of thiazole rings is 1. The second kappa shape index (κ2) is 9.96. The zero-order chi connectivity index (χ0) is 23.6. The first kappa shape index (κ1) is 24.1. The lowest BCUT2D eigenvalue weighted by Gasteiger charge is -2.29. The predicted octanol–water partition coefficient (Wildman–Crippen LogP) is 2.19. The smallest absolute Gasteiger partial charge is 0.240 e. The molecule has 1 aliphatic rings. The summed E-state index contributed by atoms with van der Waals surface area (Å²) in [6.45, 7) is 15.1. The normalized spacial score (nSPS) is 16.7. The maximum atomic E-state index is 13.5. The molecular weight excluding hydrogens is 422 g/mol. The Bertz CT molecular complexity index is 1020. The monoisotopic (exact) mass is 455 g/mol. The van der Waals surface area contributed by atoms with Crippen LogP contribution in [0.1, 0.15) is 71.2 Å². The maximum Gasteiger partial charge on any atom is 0.240 e. The number of ketones is 1. The zero-order valence-corrected chi connectivity index (χ0v) is 20.6. The van der Waals surface area contributed by atoms with Gasteiger partial charge in [0, 0.05) is 5.57 Å². The highest BCUT2D eigenvalue weighted by atomic mass is 32.1. The van der Waals surface area contributed by atoms with Crippen molar-refractivity contribution in [3.8, 4) is 0 Å². The van der Waals surface area contributed by atoms with Gasteiger partial charge in [-0.05, 0) is 50.5 Å². The number of nitrogens with one attached hydrogen (secondary N) is 1. The quantitative estimate of drug-likeness (QED) is 0.588. The zero-order valence-electron chi connectivity index (χ0n) is 19.8. The van der Waals surface area contributed by atoms with Crippen molar-refractivity contribution in [1.29, 1.82) is 0 Å². The van der Waals surface area contributed by atoms with Gasteiger partial charge in [-0.3, -0.25) is 9.59 Å². The van der Waals surface area contributed by atoms with Crippen LogP contribution >= 0.6 is 11.3 Å². The molecule has 6 nitrogen and oxygen atoms in total. The number of hydrogen-bond donors (Lipinski definition) is 1. The molecule has 1 aromatic carbocycles. The number of amides is 1. The van der Waals surface area contributed by atoms with Crippen molar-refractivity contribution in [2.75, 3.05) is 26.2 Å². The molecule has 0 saturated heterocycles. The van der Waals surface area contributed by atoms with E-state index in [9.17, 15) is 14.7 Å². The molecule has 32 heavy (non-hydrogen) atoms. The number of carbonyl (C=O) groups is 2. The Morgan fingerprint density at radius 1 is 1.19 bits per heavy atom. The third-order valence-corrected chi connectivity index (χ3v) is 7.34. The highest BCUT2D eigenvalue weighted by Gasteiger charge is 2.40. The number of nitrogens with zero attached hydrogens (tertiary/aromatic N) is 2. The summed E-state index contributed by atoms with van der Waals surface area (Å²) in [6, 6.07) is 7.26. The number of Topliss-reactive ketones (excluding diaryl/α,β-unsaturated/α-hetero) is 1. The predicted molar refractivity (Wildman–Crippen MR) is 125 cm³/mol. The van der Waals surface area contributed by atoms with Crippen LogP contribution in [0.25, 0.3) is 0 Å². The summed E-state index contributed by atoms with van der Waals surface area (Å²) in [5.74, 6) is -1.28. The van der Waals surface area contributed by atoms with Gasteiger partial charge in [0.25, 0.3) is 0 Å². The fraction of sp³-hybridized carbons (Fsp3) is 0.480. The van der Waals surface area contributed by atoms with Crippen LogP contribution in [0.5, 0.6) is 0 Å². The SMILES string of the molecule is CC[NH+](CC)CCN1C(=O)C([O-])=C(C(=O)c2sc(C)nc2C)C1c1ccc(C(C)C)cc1. The largest absolute Gasteiger partial charge is 0.868 e. The van der Waals surface area contributed by atoms with Crippen molar-refractivity contribution in [1.82, 2.24) is 9.88 Å². The fourth-order valence-corrected chi connectivity index (χ4v) is 5.13. The Morgan fingerprint density at radius 3 is 2.31 bits per heavy atom. The van der Waals surface area contributed by atoms with Crippen molar-refractivity contribution in [3.05, 3.63) is 62.3 Å². The van der Waals surface area contributed by atoms with Crippen molar-refractivity contribution in [2.45, 2.75) is 53.5 Å². The number of carbonyl (C=O) groups excluding carboxylic acids is 2. The van der Waals surface area contributed by atoms with E-state index in [4.69, 9.17) is 0 Å². The molecule has 0 saturated carbocycles. The molecule has 1 atom stereocenters. The summed E-state index contributed by atoms with van der Waals surface area (Å²) in [6.07, 6.45) is 0. The van der Waals surface area contributed by atoms with Gasteiger partial charge in [-0.1, -0.05) is 38.1 Å². The highest BCUT2D eigenvalue weighted by molar-refractivity contribution is 7.14. The molecule has 1 unspecified atom stereocenters. The Morgan fingerprint density at radius 2 is 1.81 bits per heavy atom. The number of benzene rings is 1. The Balaban J connectivity index is 2.05. The molecule has 172 valence electrons. The van der Waals surface area contributed by atoms with E-state index in [1.807, 2.05) is 31.2 Å². The first-order chi connectivity index (χ1) is 15.2. The van der Waals surface area contributed by atoms with Gasteiger partial charge in [-0.15, -0.1) is 11.3 Å². The standard InChI is InChI=1S/C25H33N3O3S/c1-7-27(8-2)13-14-28-21(19-11-9-18(10-12-19)15(3)4)20(23(30)25(28)31)22(29)24-16(5)26-17(6)32-24/h9-12,15,21,30H,7-8,13-14H2,1-6H3. The van der Waals surface area contributed by atoms with Crippen LogP contribution in [-0.2, 0) is 4.79 Å². The van der Waals surface area contributed by atoms with Crippen LogP contribution in [0.15, 0.2) is 35.6 Å². The summed E-state index contributed by atoms with van der Waals surface area (Å²) < 4.78 is 0. The van der Waals surface area contributed by atoms with E-state index in [-0.39, 0.29) is 11.4 Å². The van der Waals surface area contributed by atoms with E-state index >= 15 is 0 Å². The number of quaternary nitrogens is 1. The lowest BCUT2D eigenvalue weighted by molar-refractivity contribution is -0.895. The lowest BCUT2D eigenvalue weighted by atomic mass is 9.93. The summed E-state index contributed by atoms with van der Waals surface area (Å²) >= 11 is 1.28. The minimum absolute atomic E-state index is 0.0496. The van der Waals surface area contributed by atoms with Crippen molar-refractivity contribution in [3.63, 3.8) is 0 Å². The van der Waals surface area contributed by atoms with Gasteiger partial charge < -0.3 is 14.9 Å². The minimum Gasteiger partial charge on any atom is -0.868 e. The molecule has 1 amide bonds. The number of likely N-dealkylation sites (N-methyl/N-ethyl adjacent to an activating group) is 1. The molecule has 0 aliphatic carbocycles. The highest BCUT2D eigenvalue weighted by Crippen LogP contribution is 2.39. The van der Waals surface area contributed by atoms with Gasteiger partial charge in [0.05, 0.1) is 47.8 Å². The second-order valence-corrected chi connectivity index (χ2v) is 9.85. The molecule has 1 aliphatic heterocycles. The molecule has 1 N–H and O–H groups in total. The van der Waals surface area contributed by atoms with Gasteiger partial charge in [0.15, 0.2) is 0 Å². The van der Waals surface area contributed by atoms with Crippen LogP contribution < -0.4 is 10.0 Å². The van der Waals surface area contributed by atoms with Crippen LogP contribution in [-0.4, -0.2) is 47.8 Å². The van der Waals surface area contributed by atoms with E-state index in [1.54, 1.807) is 11.8 Å². The van der Waals surface area contributed by atoms with Crippen LogP contribution in [0.4, 0.5) is 0 Å². The van der Waals surface area contributed by atoms with E-state index in [2.05, 4.69) is 32.7 Å². The molecular formula is C25H33N3O3S. The van der Waals surface area contributed by atoms with E-state index in [1.165, 1.54) is 21.8 Å². The number of aromatic nitrogens is 1. The van der Waals surface area contributed by atoms with E-state index in [0.717, 1.165) is 30.2 Å². The first-order valence-corrected chi connectivity index (χ1v) is 12.1. The molecule has 0 spiro atoms. The molecule has 2 heterocycles. The minimum atomic E-state index is -0.687. The first-order valence-electron chi connectivity index (χ1n) is 11.3. The summed E-state index contributed by atoms with van der Waals surface area (Å²) in [5, 5.41) is 13.9. The second-order valence-electron chi connectivity index (χ2n) is 8.65. The Labute approximate surface area is 194 Å². The average molecular weight is 456 g/mol. The Kier molecular flexibility index (Phi) is 7.51. The molecule has 3 rings (SSSR count). The summed E-state index contributed by atoms with van der Waals surface area (Å²) in [4.78, 5) is 34.3. The van der Waals surface area contributed by atoms with Crippen LogP contribution in [0, 0.1) is 13.8 Å². The Hall–Kier alpha value is -2.51. The lowest BCUT2D eigenvalue weighted by Crippen LogP contribution is -3.12. The average Bonchev–Trinajstić information content (AvgIpc) is 3.24. The van der Waals surface area contributed by atoms with Crippen molar-refractivity contribution in [2.24, 2.45) is 0 Å².